The zero-order valence-electron chi connectivity index (χ0n) is 21.1. The van der Waals surface area contributed by atoms with Crippen molar-refractivity contribution in [3.63, 3.8) is 0 Å². The molecule has 0 spiro atoms. The molecular weight excluding hydrogens is 490 g/mol. The van der Waals surface area contributed by atoms with Gasteiger partial charge in [0.2, 0.25) is 0 Å². The van der Waals surface area contributed by atoms with Gasteiger partial charge in [-0.3, -0.25) is 14.2 Å². The summed E-state index contributed by atoms with van der Waals surface area (Å²) in [6, 6.07) is 5.84. The fourth-order valence-electron chi connectivity index (χ4n) is 5.48. The number of benzene rings is 2. The van der Waals surface area contributed by atoms with Crippen LogP contribution in [0.1, 0.15) is 60.5 Å². The molecule has 2 heterocycles. The number of halogens is 6. The van der Waals surface area contributed by atoms with Gasteiger partial charge in [0.1, 0.15) is 11.6 Å². The molecule has 2 atom stereocenters. The molecule has 0 aliphatic carbocycles. The first kappa shape index (κ1) is 27.5. The topological polar surface area (TPSA) is 6.48 Å². The van der Waals surface area contributed by atoms with Crippen molar-refractivity contribution in [2.24, 2.45) is 0 Å². The van der Waals surface area contributed by atoms with Crippen molar-refractivity contribution in [1.82, 2.24) is 9.80 Å². The summed E-state index contributed by atoms with van der Waals surface area (Å²) in [5, 5.41) is 0. The number of alkyl halides is 4. The number of nitrogens with zero attached hydrogens (tertiary/aromatic N) is 2. The summed E-state index contributed by atoms with van der Waals surface area (Å²) in [7, 11) is 0. The average Bonchev–Trinajstić information content (AvgIpc) is 3.25. The predicted octanol–water partition coefficient (Wildman–Crippen LogP) is 7.34. The number of allylic oxidation sites excluding steroid dienone is 1. The molecule has 2 aromatic rings. The Kier molecular flexibility index (Phi) is 8.19. The molecule has 1 unspecified atom stereocenters. The lowest BCUT2D eigenvalue weighted by atomic mass is 9.83. The molecule has 0 amide bonds. The van der Waals surface area contributed by atoms with Crippen LogP contribution in [0.25, 0.3) is 11.6 Å². The molecule has 0 bridgehead atoms. The van der Waals surface area contributed by atoms with Crippen molar-refractivity contribution >= 4 is 11.6 Å². The SMILES string of the molecule is C=C(C)c1ccc2c(c1)C[C@@H](C)N(CC(F)(F)F)C2c1c(F)cc(/C=C2/CCN(CCCF)C2)cc1F. The maximum absolute atomic E-state index is 15.6. The highest BCUT2D eigenvalue weighted by Gasteiger charge is 2.42. The molecule has 0 N–H and O–H groups in total. The third-order valence-corrected chi connectivity index (χ3v) is 7.23. The van der Waals surface area contributed by atoms with Crippen LogP contribution < -0.4 is 0 Å². The molecule has 2 aromatic carbocycles. The Labute approximate surface area is 214 Å². The Balaban J connectivity index is 1.73. The van der Waals surface area contributed by atoms with Gasteiger partial charge in [0.15, 0.2) is 0 Å². The van der Waals surface area contributed by atoms with Gasteiger partial charge < -0.3 is 0 Å². The predicted molar refractivity (Wildman–Crippen MR) is 135 cm³/mol. The first-order valence-electron chi connectivity index (χ1n) is 12.5. The van der Waals surface area contributed by atoms with Gasteiger partial charge in [-0.15, -0.1) is 0 Å². The highest BCUT2D eigenvalue weighted by atomic mass is 19.4. The van der Waals surface area contributed by atoms with Crippen molar-refractivity contribution in [3.05, 3.63) is 81.9 Å². The van der Waals surface area contributed by atoms with Crippen molar-refractivity contribution in [1.29, 1.82) is 0 Å². The maximum Gasteiger partial charge on any atom is 0.401 e. The van der Waals surface area contributed by atoms with Gasteiger partial charge in [0, 0.05) is 31.2 Å². The van der Waals surface area contributed by atoms with Crippen molar-refractivity contribution in [3.8, 4) is 0 Å². The second kappa shape index (κ2) is 11.0. The minimum absolute atomic E-state index is 0.324. The van der Waals surface area contributed by atoms with Crippen LogP contribution >= 0.6 is 0 Å². The van der Waals surface area contributed by atoms with Crippen LogP contribution in [0.4, 0.5) is 26.3 Å². The minimum Gasteiger partial charge on any atom is -0.299 e. The fraction of sp³-hybridized carbons (Fsp3) is 0.448. The Hall–Kier alpha value is -2.58. The smallest absolute Gasteiger partial charge is 0.299 e. The van der Waals surface area contributed by atoms with Crippen LogP contribution in [0.3, 0.4) is 0 Å². The molecule has 4 rings (SSSR count). The number of hydrogen-bond donors (Lipinski definition) is 0. The summed E-state index contributed by atoms with van der Waals surface area (Å²) < 4.78 is 84.4. The van der Waals surface area contributed by atoms with Crippen LogP contribution in [0.5, 0.6) is 0 Å². The second-order valence-electron chi connectivity index (χ2n) is 10.2. The van der Waals surface area contributed by atoms with Crippen molar-refractivity contribution in [2.75, 3.05) is 32.9 Å². The lowest BCUT2D eigenvalue weighted by Gasteiger charge is -2.42. The lowest BCUT2D eigenvalue weighted by Crippen LogP contribution is -2.47. The van der Waals surface area contributed by atoms with Gasteiger partial charge in [-0.1, -0.05) is 42.0 Å². The van der Waals surface area contributed by atoms with Crippen molar-refractivity contribution in [2.45, 2.75) is 51.4 Å². The van der Waals surface area contributed by atoms with Gasteiger partial charge in [-0.25, -0.2) is 8.78 Å². The zero-order valence-corrected chi connectivity index (χ0v) is 21.1. The molecule has 0 saturated carbocycles. The second-order valence-corrected chi connectivity index (χ2v) is 10.2. The van der Waals surface area contributed by atoms with Gasteiger partial charge >= 0.3 is 6.18 Å². The van der Waals surface area contributed by atoms with Crippen LogP contribution in [0, 0.1) is 11.6 Å². The van der Waals surface area contributed by atoms with E-state index in [1.165, 1.54) is 12.1 Å². The summed E-state index contributed by atoms with van der Waals surface area (Å²) in [6.07, 6.45) is -1.33. The van der Waals surface area contributed by atoms with E-state index in [2.05, 4.69) is 11.5 Å². The molecular formula is C29H32F6N2. The molecule has 1 fully saturated rings. The van der Waals surface area contributed by atoms with Gasteiger partial charge in [-0.2, -0.15) is 13.2 Å². The van der Waals surface area contributed by atoms with E-state index < -0.39 is 43.1 Å². The van der Waals surface area contributed by atoms with E-state index in [0.717, 1.165) is 40.1 Å². The van der Waals surface area contributed by atoms with E-state index in [9.17, 15) is 17.6 Å². The number of likely N-dealkylation sites (tertiary alicyclic amines) is 1. The lowest BCUT2D eigenvalue weighted by molar-refractivity contribution is -0.155. The third kappa shape index (κ3) is 6.29. The molecule has 2 aliphatic rings. The molecule has 37 heavy (non-hydrogen) atoms. The Bertz CT molecular complexity index is 1160. The van der Waals surface area contributed by atoms with Gasteiger partial charge in [-0.05, 0) is 67.5 Å². The van der Waals surface area contributed by atoms with E-state index in [0.29, 0.717) is 37.1 Å². The normalized spacial score (nSPS) is 22.0. The largest absolute Gasteiger partial charge is 0.401 e. The number of fused-ring (bicyclic) bond motifs is 1. The molecule has 2 nitrogen and oxygen atoms in total. The molecule has 0 radical (unpaired) electrons. The van der Waals surface area contributed by atoms with Gasteiger partial charge in [0.25, 0.3) is 0 Å². The molecule has 0 aromatic heterocycles. The third-order valence-electron chi connectivity index (χ3n) is 7.23. The highest BCUT2D eigenvalue weighted by molar-refractivity contribution is 5.63. The van der Waals surface area contributed by atoms with Crippen LogP contribution in [0.2, 0.25) is 0 Å². The Morgan fingerprint density at radius 3 is 2.46 bits per heavy atom. The van der Waals surface area contributed by atoms with Crippen LogP contribution in [-0.2, 0) is 6.42 Å². The number of rotatable bonds is 7. The standard InChI is InChI=1S/C29H32F6N2/c1-18(2)22-5-6-24-23(15-22)11-19(3)37(17-29(33,34)35)28(24)27-25(31)13-21(14-26(27)32)12-20-7-10-36(16-20)9-4-8-30/h5-6,12-15,19,28H,1,4,7-11,16-17H2,2-3H3/b20-12-/t19-,28?/m1/s1. The average molecular weight is 523 g/mol. The van der Waals surface area contributed by atoms with Gasteiger partial charge in [0.05, 0.1) is 19.3 Å². The molecule has 2 aliphatic heterocycles. The molecule has 8 heteroatoms. The maximum atomic E-state index is 15.6. The number of hydrogen-bond acceptors (Lipinski definition) is 2. The van der Waals surface area contributed by atoms with Crippen LogP contribution in [-0.4, -0.2) is 54.9 Å². The monoisotopic (exact) mass is 522 g/mol. The van der Waals surface area contributed by atoms with E-state index in [1.807, 2.05) is 13.0 Å². The minimum atomic E-state index is -4.53. The molecule has 1 saturated heterocycles. The van der Waals surface area contributed by atoms with E-state index >= 15 is 8.78 Å². The summed E-state index contributed by atoms with van der Waals surface area (Å²) in [4.78, 5) is 3.23. The summed E-state index contributed by atoms with van der Waals surface area (Å²) in [5.74, 6) is -1.75. The Morgan fingerprint density at radius 1 is 1.14 bits per heavy atom. The Morgan fingerprint density at radius 2 is 1.84 bits per heavy atom. The zero-order chi connectivity index (χ0) is 26.9. The van der Waals surface area contributed by atoms with Crippen LogP contribution in [0.15, 0.2) is 42.5 Å². The van der Waals surface area contributed by atoms with E-state index in [4.69, 9.17) is 0 Å². The van der Waals surface area contributed by atoms with E-state index in [-0.39, 0.29) is 5.56 Å². The van der Waals surface area contributed by atoms with E-state index in [1.54, 1.807) is 25.1 Å². The first-order valence-corrected chi connectivity index (χ1v) is 12.5. The van der Waals surface area contributed by atoms with Crippen molar-refractivity contribution < 1.29 is 26.3 Å². The summed E-state index contributed by atoms with van der Waals surface area (Å²) in [5.41, 5.74) is 3.80. The highest BCUT2D eigenvalue weighted by Crippen LogP contribution is 2.42. The fourth-order valence-corrected chi connectivity index (χ4v) is 5.48. The quantitative estimate of drug-likeness (QED) is 0.351. The summed E-state index contributed by atoms with van der Waals surface area (Å²) in [6.45, 7) is 7.72. The molecule has 200 valence electrons. The summed E-state index contributed by atoms with van der Waals surface area (Å²) >= 11 is 0. The first-order chi connectivity index (χ1) is 17.5.